The molecule has 0 unspecified atom stereocenters. The van der Waals surface area contributed by atoms with Gasteiger partial charge in [0.2, 0.25) is 5.95 Å². The fourth-order valence-corrected chi connectivity index (χ4v) is 3.78. The maximum absolute atomic E-state index is 13.5. The van der Waals surface area contributed by atoms with Crippen molar-refractivity contribution >= 4 is 28.3 Å². The molecular weight excluding hydrogens is 427 g/mol. The summed E-state index contributed by atoms with van der Waals surface area (Å²) in [4.78, 5) is 23.3. The molecule has 1 N–H and O–H groups in total. The van der Waals surface area contributed by atoms with E-state index in [0.717, 1.165) is 5.39 Å². The topological polar surface area (TPSA) is 89.7 Å². The minimum Gasteiger partial charge on any atom is -0.496 e. The van der Waals surface area contributed by atoms with Crippen molar-refractivity contribution in [3.8, 4) is 17.0 Å². The normalized spacial score (nSPS) is 13.8. The second kappa shape index (κ2) is 8.87. The molecule has 33 heavy (non-hydrogen) atoms. The molecule has 0 spiro atoms. The Hall–Kier alpha value is -3.98. The molecule has 1 aliphatic rings. The summed E-state index contributed by atoms with van der Waals surface area (Å²) in [6, 6.07) is 13.3. The molecule has 3 heterocycles. The highest BCUT2D eigenvalue weighted by atomic mass is 19.1. The zero-order valence-electron chi connectivity index (χ0n) is 17.9. The van der Waals surface area contributed by atoms with E-state index in [1.54, 1.807) is 24.4 Å². The predicted molar refractivity (Wildman–Crippen MR) is 123 cm³/mol. The van der Waals surface area contributed by atoms with Crippen molar-refractivity contribution in [1.82, 2.24) is 9.97 Å². The van der Waals surface area contributed by atoms with Gasteiger partial charge in [0.25, 0.3) is 0 Å². The van der Waals surface area contributed by atoms with Gasteiger partial charge in [0.05, 0.1) is 26.0 Å². The molecular formula is C24H21FN4O4. The van der Waals surface area contributed by atoms with E-state index in [4.69, 9.17) is 13.9 Å². The third kappa shape index (κ3) is 4.35. The van der Waals surface area contributed by atoms with Crippen LogP contribution in [0.25, 0.3) is 22.2 Å². The van der Waals surface area contributed by atoms with Gasteiger partial charge < -0.3 is 24.1 Å². The number of anilines is 3. The molecule has 5 rings (SSSR count). The van der Waals surface area contributed by atoms with Crippen LogP contribution in [0, 0.1) is 5.82 Å². The molecule has 0 amide bonds. The van der Waals surface area contributed by atoms with E-state index in [1.807, 2.05) is 23.1 Å². The number of ether oxygens (including phenoxy) is 2. The first kappa shape index (κ1) is 20.9. The Balaban J connectivity index is 1.43. The van der Waals surface area contributed by atoms with E-state index in [9.17, 15) is 9.18 Å². The SMILES string of the molecule is COc1cc(F)ccc1-c1ccnc(Nc2ccc3cc(N4CCOCC4)c(=O)oc3c2)n1. The Morgan fingerprint density at radius 2 is 1.94 bits per heavy atom. The average Bonchev–Trinajstić information content (AvgIpc) is 2.84. The van der Waals surface area contributed by atoms with Crippen LogP contribution in [-0.4, -0.2) is 43.4 Å². The summed E-state index contributed by atoms with van der Waals surface area (Å²) in [5.74, 6) is 0.325. The van der Waals surface area contributed by atoms with E-state index >= 15 is 0 Å². The Labute approximate surface area is 188 Å². The van der Waals surface area contributed by atoms with Crippen LogP contribution in [-0.2, 0) is 4.74 Å². The number of hydrogen-bond acceptors (Lipinski definition) is 8. The number of aromatic nitrogens is 2. The Morgan fingerprint density at radius 3 is 2.76 bits per heavy atom. The smallest absolute Gasteiger partial charge is 0.360 e. The number of morpholine rings is 1. The molecule has 0 aliphatic carbocycles. The van der Waals surface area contributed by atoms with Crippen molar-refractivity contribution in [3.05, 3.63) is 71.0 Å². The van der Waals surface area contributed by atoms with Gasteiger partial charge in [-0.3, -0.25) is 0 Å². The zero-order chi connectivity index (χ0) is 22.8. The van der Waals surface area contributed by atoms with Crippen molar-refractivity contribution in [2.45, 2.75) is 0 Å². The van der Waals surface area contributed by atoms with Crippen LogP contribution >= 0.6 is 0 Å². The molecule has 0 atom stereocenters. The van der Waals surface area contributed by atoms with Crippen LogP contribution in [0.15, 0.2) is 63.9 Å². The maximum atomic E-state index is 13.5. The lowest BCUT2D eigenvalue weighted by Crippen LogP contribution is -2.38. The molecule has 0 bridgehead atoms. The summed E-state index contributed by atoms with van der Waals surface area (Å²) in [5, 5.41) is 3.94. The standard InChI is InChI=1S/C24H21FN4O4/c1-31-22-13-16(25)3-5-18(22)19-6-7-26-24(28-19)27-17-4-2-15-12-20(23(30)33-21(15)14-17)29-8-10-32-11-9-29/h2-7,12-14H,8-11H2,1H3,(H,26,27,28). The number of benzene rings is 2. The van der Waals surface area contributed by atoms with Crippen molar-refractivity contribution in [2.24, 2.45) is 0 Å². The van der Waals surface area contributed by atoms with Crippen molar-refractivity contribution < 1.29 is 18.3 Å². The first-order valence-corrected chi connectivity index (χ1v) is 10.5. The summed E-state index contributed by atoms with van der Waals surface area (Å²) < 4.78 is 29.8. The fourth-order valence-electron chi connectivity index (χ4n) is 3.78. The molecule has 2 aromatic heterocycles. The fraction of sp³-hybridized carbons (Fsp3) is 0.208. The number of fused-ring (bicyclic) bond motifs is 1. The van der Waals surface area contributed by atoms with Crippen LogP contribution < -0.4 is 20.6 Å². The Kier molecular flexibility index (Phi) is 5.62. The van der Waals surface area contributed by atoms with Crippen LogP contribution in [0.1, 0.15) is 0 Å². The molecule has 1 aliphatic heterocycles. The van der Waals surface area contributed by atoms with Gasteiger partial charge in [-0.25, -0.2) is 19.2 Å². The predicted octanol–water partition coefficient (Wildman–Crippen LogP) is 3.98. The molecule has 1 fully saturated rings. The average molecular weight is 448 g/mol. The largest absolute Gasteiger partial charge is 0.496 e. The van der Waals surface area contributed by atoms with Gasteiger partial charge in [-0.2, -0.15) is 0 Å². The first-order chi connectivity index (χ1) is 16.1. The van der Waals surface area contributed by atoms with Crippen molar-refractivity contribution in [2.75, 3.05) is 43.6 Å². The quantitative estimate of drug-likeness (QED) is 0.459. The van der Waals surface area contributed by atoms with Crippen LogP contribution in [0.3, 0.4) is 0 Å². The Morgan fingerprint density at radius 1 is 1.09 bits per heavy atom. The molecule has 4 aromatic rings. The van der Waals surface area contributed by atoms with Gasteiger partial charge in [-0.1, -0.05) is 0 Å². The number of hydrogen-bond donors (Lipinski definition) is 1. The van der Waals surface area contributed by atoms with Crippen molar-refractivity contribution in [1.29, 1.82) is 0 Å². The first-order valence-electron chi connectivity index (χ1n) is 10.5. The van der Waals surface area contributed by atoms with Gasteiger partial charge in [0.15, 0.2) is 0 Å². The third-order valence-electron chi connectivity index (χ3n) is 5.42. The number of nitrogens with one attached hydrogen (secondary N) is 1. The molecule has 2 aromatic carbocycles. The van der Waals surface area contributed by atoms with Crippen LogP contribution in [0.5, 0.6) is 5.75 Å². The lowest BCUT2D eigenvalue weighted by molar-refractivity contribution is 0.122. The van der Waals surface area contributed by atoms with E-state index in [-0.39, 0.29) is 5.63 Å². The highest BCUT2D eigenvalue weighted by molar-refractivity contribution is 5.83. The minimum atomic E-state index is -0.391. The minimum absolute atomic E-state index is 0.338. The summed E-state index contributed by atoms with van der Waals surface area (Å²) in [7, 11) is 1.48. The van der Waals surface area contributed by atoms with E-state index in [0.29, 0.717) is 66.2 Å². The molecule has 0 saturated carbocycles. The number of rotatable bonds is 5. The summed E-state index contributed by atoms with van der Waals surface area (Å²) in [5.41, 5.74) is 2.49. The summed E-state index contributed by atoms with van der Waals surface area (Å²) in [6.45, 7) is 2.48. The highest BCUT2D eigenvalue weighted by Crippen LogP contribution is 2.30. The second-order valence-corrected chi connectivity index (χ2v) is 7.51. The van der Waals surface area contributed by atoms with Gasteiger partial charge >= 0.3 is 5.63 Å². The number of methoxy groups -OCH3 is 1. The van der Waals surface area contributed by atoms with Gasteiger partial charge in [0.1, 0.15) is 22.8 Å². The molecule has 9 heteroatoms. The van der Waals surface area contributed by atoms with Crippen molar-refractivity contribution in [3.63, 3.8) is 0 Å². The molecule has 1 saturated heterocycles. The summed E-state index contributed by atoms with van der Waals surface area (Å²) >= 11 is 0. The van der Waals surface area contributed by atoms with Gasteiger partial charge in [-0.05, 0) is 36.4 Å². The zero-order valence-corrected chi connectivity index (χ0v) is 17.9. The monoisotopic (exact) mass is 448 g/mol. The molecule has 0 radical (unpaired) electrons. The highest BCUT2D eigenvalue weighted by Gasteiger charge is 2.17. The molecule has 168 valence electrons. The number of nitrogens with zero attached hydrogens (tertiary/aromatic N) is 3. The lowest BCUT2D eigenvalue weighted by atomic mass is 10.1. The second-order valence-electron chi connectivity index (χ2n) is 7.51. The van der Waals surface area contributed by atoms with E-state index in [1.165, 1.54) is 19.2 Å². The summed E-state index contributed by atoms with van der Waals surface area (Å²) in [6.07, 6.45) is 1.60. The lowest BCUT2D eigenvalue weighted by Gasteiger charge is -2.27. The van der Waals surface area contributed by atoms with Gasteiger partial charge in [0, 0.05) is 48.1 Å². The van der Waals surface area contributed by atoms with E-state index in [2.05, 4.69) is 15.3 Å². The third-order valence-corrected chi connectivity index (χ3v) is 5.42. The molecule has 8 nitrogen and oxygen atoms in total. The van der Waals surface area contributed by atoms with Crippen LogP contribution in [0.4, 0.5) is 21.7 Å². The van der Waals surface area contributed by atoms with E-state index < -0.39 is 5.82 Å². The Bertz CT molecular complexity index is 1370. The maximum Gasteiger partial charge on any atom is 0.360 e. The van der Waals surface area contributed by atoms with Crippen LogP contribution in [0.2, 0.25) is 0 Å². The van der Waals surface area contributed by atoms with Gasteiger partial charge in [-0.15, -0.1) is 0 Å². The number of halogens is 1.